The monoisotopic (exact) mass is 416 g/mol. The Kier molecular flexibility index (Phi) is 8.97. The minimum Gasteiger partial charge on any atom is -0.396 e. The number of aliphatic imine (C=N–C) groups is 1. The van der Waals surface area contributed by atoms with Crippen molar-refractivity contribution in [2.45, 2.75) is 52.6 Å². The summed E-state index contributed by atoms with van der Waals surface area (Å²) in [6.07, 6.45) is 4.43. The van der Waals surface area contributed by atoms with Gasteiger partial charge in [-0.2, -0.15) is 0 Å². The molecule has 2 heterocycles. The van der Waals surface area contributed by atoms with Gasteiger partial charge in [-0.15, -0.1) is 0 Å². The summed E-state index contributed by atoms with van der Waals surface area (Å²) in [4.78, 5) is 7.34. The quantitative estimate of drug-likeness (QED) is 0.427. The number of likely N-dealkylation sites (tertiary alicyclic amines) is 1. The molecule has 1 aromatic rings. The van der Waals surface area contributed by atoms with Crippen LogP contribution in [0, 0.1) is 11.3 Å². The van der Waals surface area contributed by atoms with Gasteiger partial charge in [0.15, 0.2) is 5.96 Å². The van der Waals surface area contributed by atoms with E-state index in [1.54, 1.807) is 0 Å². The SMILES string of the molecule is CCNC(=NCc1ccc(CN2CCCC(C)C2)cc1)NCC1(CCO)CCOC1. The molecule has 3 rings (SSSR count). The lowest BCUT2D eigenvalue weighted by molar-refractivity contribution is 0.127. The number of piperidine rings is 1. The average Bonchev–Trinajstić information content (AvgIpc) is 3.20. The van der Waals surface area contributed by atoms with Gasteiger partial charge in [0.05, 0.1) is 13.2 Å². The number of guanidine groups is 1. The Bertz CT molecular complexity index is 656. The van der Waals surface area contributed by atoms with Gasteiger partial charge >= 0.3 is 0 Å². The van der Waals surface area contributed by atoms with Crippen LogP contribution in [0.25, 0.3) is 0 Å². The van der Waals surface area contributed by atoms with Gasteiger partial charge in [-0.3, -0.25) is 4.90 Å². The zero-order valence-electron chi connectivity index (χ0n) is 18.8. The lowest BCUT2D eigenvalue weighted by atomic mass is 9.84. The molecule has 168 valence electrons. The highest BCUT2D eigenvalue weighted by atomic mass is 16.5. The molecule has 2 atom stereocenters. The van der Waals surface area contributed by atoms with Gasteiger partial charge in [0.25, 0.3) is 0 Å². The maximum atomic E-state index is 9.42. The lowest BCUT2D eigenvalue weighted by Gasteiger charge is -2.30. The van der Waals surface area contributed by atoms with Gasteiger partial charge in [0.1, 0.15) is 0 Å². The summed E-state index contributed by atoms with van der Waals surface area (Å²) in [6.45, 7) is 11.8. The van der Waals surface area contributed by atoms with Gasteiger partial charge in [-0.25, -0.2) is 4.99 Å². The highest BCUT2D eigenvalue weighted by molar-refractivity contribution is 5.79. The summed E-state index contributed by atoms with van der Waals surface area (Å²) in [5, 5.41) is 16.2. The first kappa shape index (κ1) is 23.0. The molecule has 0 aliphatic carbocycles. The van der Waals surface area contributed by atoms with Crippen LogP contribution in [-0.2, 0) is 17.8 Å². The van der Waals surface area contributed by atoms with E-state index < -0.39 is 0 Å². The average molecular weight is 417 g/mol. The van der Waals surface area contributed by atoms with Crippen LogP contribution < -0.4 is 10.6 Å². The molecule has 6 heteroatoms. The molecule has 0 spiro atoms. The third-order valence-electron chi connectivity index (χ3n) is 6.39. The largest absolute Gasteiger partial charge is 0.396 e. The first-order chi connectivity index (χ1) is 14.6. The van der Waals surface area contributed by atoms with Crippen LogP contribution in [-0.4, -0.2) is 62.0 Å². The van der Waals surface area contributed by atoms with Gasteiger partial charge in [0, 0.05) is 44.8 Å². The molecule has 30 heavy (non-hydrogen) atoms. The number of ether oxygens (including phenoxy) is 1. The predicted octanol–water partition coefficient (Wildman–Crippen LogP) is 2.76. The number of rotatable bonds is 9. The minimum absolute atomic E-state index is 0.0124. The highest BCUT2D eigenvalue weighted by Gasteiger charge is 2.34. The van der Waals surface area contributed by atoms with Crippen molar-refractivity contribution < 1.29 is 9.84 Å². The molecule has 0 radical (unpaired) electrons. The van der Waals surface area contributed by atoms with Crippen LogP contribution in [0.2, 0.25) is 0 Å². The van der Waals surface area contributed by atoms with E-state index in [4.69, 9.17) is 9.73 Å². The van der Waals surface area contributed by atoms with E-state index in [0.717, 1.165) is 51.0 Å². The molecule has 2 aliphatic heterocycles. The van der Waals surface area contributed by atoms with Crippen molar-refractivity contribution in [3.8, 4) is 0 Å². The molecule has 0 bridgehead atoms. The Morgan fingerprint density at radius 1 is 1.27 bits per heavy atom. The Balaban J connectivity index is 1.52. The first-order valence-electron chi connectivity index (χ1n) is 11.6. The van der Waals surface area contributed by atoms with Gasteiger partial charge in [-0.05, 0) is 56.2 Å². The number of hydrogen-bond donors (Lipinski definition) is 3. The van der Waals surface area contributed by atoms with E-state index in [1.165, 1.54) is 37.1 Å². The number of nitrogens with one attached hydrogen (secondary N) is 2. The molecule has 3 N–H and O–H groups in total. The molecule has 0 aromatic heterocycles. The van der Waals surface area contributed by atoms with E-state index in [-0.39, 0.29) is 12.0 Å². The van der Waals surface area contributed by atoms with Crippen molar-refractivity contribution in [3.05, 3.63) is 35.4 Å². The second kappa shape index (κ2) is 11.7. The van der Waals surface area contributed by atoms with Crippen molar-refractivity contribution in [1.82, 2.24) is 15.5 Å². The number of hydrogen-bond acceptors (Lipinski definition) is 4. The molecule has 0 saturated carbocycles. The Labute approximate surface area is 182 Å². The Morgan fingerprint density at radius 3 is 2.73 bits per heavy atom. The number of benzene rings is 1. The van der Waals surface area contributed by atoms with E-state index >= 15 is 0 Å². The summed E-state index contributed by atoms with van der Waals surface area (Å²) in [5.41, 5.74) is 2.62. The van der Waals surface area contributed by atoms with Gasteiger partial charge in [-0.1, -0.05) is 31.2 Å². The smallest absolute Gasteiger partial charge is 0.191 e. The Hall–Kier alpha value is -1.63. The third kappa shape index (κ3) is 6.96. The van der Waals surface area contributed by atoms with Crippen LogP contribution in [0.15, 0.2) is 29.3 Å². The van der Waals surface area contributed by atoms with Crippen molar-refractivity contribution >= 4 is 5.96 Å². The molecule has 0 amide bonds. The molecular weight excluding hydrogens is 376 g/mol. The zero-order chi connectivity index (χ0) is 21.2. The fourth-order valence-corrected chi connectivity index (χ4v) is 4.53. The maximum absolute atomic E-state index is 9.42. The molecule has 1 aromatic carbocycles. The van der Waals surface area contributed by atoms with Crippen LogP contribution in [0.5, 0.6) is 0 Å². The van der Waals surface area contributed by atoms with E-state index in [9.17, 15) is 5.11 Å². The number of aliphatic hydroxyl groups excluding tert-OH is 1. The highest BCUT2D eigenvalue weighted by Crippen LogP contribution is 2.31. The molecule has 2 fully saturated rings. The molecule has 2 unspecified atom stereocenters. The van der Waals surface area contributed by atoms with Crippen molar-refractivity contribution in [3.63, 3.8) is 0 Å². The van der Waals surface area contributed by atoms with Crippen molar-refractivity contribution in [1.29, 1.82) is 0 Å². The van der Waals surface area contributed by atoms with Gasteiger partial charge < -0.3 is 20.5 Å². The van der Waals surface area contributed by atoms with Crippen LogP contribution >= 0.6 is 0 Å². The second-order valence-corrected chi connectivity index (χ2v) is 9.12. The molecule has 6 nitrogen and oxygen atoms in total. The number of aliphatic hydroxyl groups is 1. The molecular formula is C24H40N4O2. The lowest BCUT2D eigenvalue weighted by Crippen LogP contribution is -2.44. The summed E-state index contributed by atoms with van der Waals surface area (Å²) < 4.78 is 5.59. The zero-order valence-corrected chi connectivity index (χ0v) is 18.8. The van der Waals surface area contributed by atoms with E-state index in [0.29, 0.717) is 13.2 Å². The standard InChI is InChI=1S/C24H40N4O2/c1-3-25-23(27-18-24(10-13-29)11-14-30-19-24)26-15-21-6-8-22(9-7-21)17-28-12-4-5-20(2)16-28/h6-9,20,29H,3-5,10-19H2,1-2H3,(H2,25,26,27). The van der Waals surface area contributed by atoms with E-state index in [2.05, 4.69) is 53.6 Å². The van der Waals surface area contributed by atoms with Crippen LogP contribution in [0.1, 0.15) is 50.7 Å². The van der Waals surface area contributed by atoms with Crippen LogP contribution in [0.4, 0.5) is 0 Å². The maximum Gasteiger partial charge on any atom is 0.191 e. The predicted molar refractivity (Wildman–Crippen MR) is 123 cm³/mol. The molecule has 2 aliphatic rings. The van der Waals surface area contributed by atoms with Crippen molar-refractivity contribution in [2.24, 2.45) is 16.3 Å². The second-order valence-electron chi connectivity index (χ2n) is 9.12. The Morgan fingerprint density at radius 2 is 2.07 bits per heavy atom. The summed E-state index contributed by atoms with van der Waals surface area (Å²) >= 11 is 0. The fourth-order valence-electron chi connectivity index (χ4n) is 4.53. The van der Waals surface area contributed by atoms with Crippen molar-refractivity contribution in [2.75, 3.05) is 46.0 Å². The van der Waals surface area contributed by atoms with Gasteiger partial charge in [0.2, 0.25) is 0 Å². The molecule has 2 saturated heterocycles. The fraction of sp³-hybridized carbons (Fsp3) is 0.708. The topological polar surface area (TPSA) is 69.1 Å². The summed E-state index contributed by atoms with van der Waals surface area (Å²) in [5.74, 6) is 1.64. The summed E-state index contributed by atoms with van der Waals surface area (Å²) in [6, 6.07) is 8.90. The normalized spacial score (nSPS) is 25.4. The van der Waals surface area contributed by atoms with E-state index in [1.807, 2.05) is 0 Å². The summed E-state index contributed by atoms with van der Waals surface area (Å²) in [7, 11) is 0. The van der Waals surface area contributed by atoms with Crippen LogP contribution in [0.3, 0.4) is 0 Å². The first-order valence-corrected chi connectivity index (χ1v) is 11.6. The number of nitrogens with zero attached hydrogens (tertiary/aromatic N) is 2. The third-order valence-corrected chi connectivity index (χ3v) is 6.39. The minimum atomic E-state index is 0.0124.